The van der Waals surface area contributed by atoms with Gasteiger partial charge in [0.25, 0.3) is 0 Å². The van der Waals surface area contributed by atoms with Gasteiger partial charge in [-0.1, -0.05) is 0 Å². The minimum absolute atomic E-state index is 0.0472. The Labute approximate surface area is 170 Å². The number of hydrogen-bond acceptors (Lipinski definition) is 5. The molecule has 1 aromatic carbocycles. The SMILES string of the molecule is Cc1c(F)c2c3c(nc(=O)n(I)c3c1F)N1CCN(I)CC1CN2C. The van der Waals surface area contributed by atoms with Gasteiger partial charge in [-0.2, -0.15) is 4.98 Å². The molecular weight excluding hydrogens is 558 g/mol. The van der Waals surface area contributed by atoms with Gasteiger partial charge in [-0.3, -0.25) is 0 Å². The summed E-state index contributed by atoms with van der Waals surface area (Å²) in [6.07, 6.45) is 0. The predicted octanol–water partition coefficient (Wildman–Crippen LogP) is 2.47. The topological polar surface area (TPSA) is 44.6 Å². The summed E-state index contributed by atoms with van der Waals surface area (Å²) in [5.74, 6) is -0.901. The van der Waals surface area contributed by atoms with Gasteiger partial charge in [0.15, 0.2) is 11.6 Å². The molecule has 1 fully saturated rings. The van der Waals surface area contributed by atoms with Crippen LogP contribution in [-0.2, 0) is 0 Å². The van der Waals surface area contributed by atoms with Crippen molar-refractivity contribution in [3.8, 4) is 0 Å². The Morgan fingerprint density at radius 1 is 1.16 bits per heavy atom. The summed E-state index contributed by atoms with van der Waals surface area (Å²) in [6, 6.07) is 0.0472. The van der Waals surface area contributed by atoms with Crippen molar-refractivity contribution in [2.75, 3.05) is 43.0 Å². The number of halogens is 4. The predicted molar refractivity (Wildman–Crippen MR) is 110 cm³/mol. The first-order chi connectivity index (χ1) is 11.8. The van der Waals surface area contributed by atoms with Crippen LogP contribution in [0.4, 0.5) is 20.3 Å². The number of piperazine rings is 1. The summed E-state index contributed by atoms with van der Waals surface area (Å²) >= 11 is 4.00. The second-order valence-electron chi connectivity index (χ2n) is 6.42. The summed E-state index contributed by atoms with van der Waals surface area (Å²) in [5, 5.41) is 0.376. The Hall–Kier alpha value is -0.760. The van der Waals surface area contributed by atoms with Crippen molar-refractivity contribution < 1.29 is 8.78 Å². The summed E-state index contributed by atoms with van der Waals surface area (Å²) in [5.41, 5.74) is -0.198. The molecule has 2 aliphatic rings. The quantitative estimate of drug-likeness (QED) is 0.359. The zero-order valence-corrected chi connectivity index (χ0v) is 17.9. The highest BCUT2D eigenvalue weighted by atomic mass is 127. The van der Waals surface area contributed by atoms with Crippen LogP contribution in [0.5, 0.6) is 0 Å². The highest BCUT2D eigenvalue weighted by molar-refractivity contribution is 14.1. The fraction of sp³-hybridized carbons (Fsp3) is 0.467. The molecule has 6 nitrogen and oxygen atoms in total. The van der Waals surface area contributed by atoms with Gasteiger partial charge in [-0.25, -0.2) is 19.5 Å². The smallest absolute Gasteiger partial charge is 0.359 e. The molecule has 0 spiro atoms. The molecule has 134 valence electrons. The van der Waals surface area contributed by atoms with Crippen LogP contribution in [0.1, 0.15) is 5.56 Å². The largest absolute Gasteiger partial charge is 0.369 e. The Kier molecular flexibility index (Phi) is 4.34. The minimum atomic E-state index is -0.703. The molecule has 0 saturated carbocycles. The molecule has 0 amide bonds. The molecule has 0 aliphatic carbocycles. The van der Waals surface area contributed by atoms with Crippen LogP contribution in [0.2, 0.25) is 0 Å². The molecule has 10 heteroatoms. The van der Waals surface area contributed by atoms with Crippen LogP contribution in [0.15, 0.2) is 4.79 Å². The minimum Gasteiger partial charge on any atom is -0.369 e. The van der Waals surface area contributed by atoms with E-state index in [0.717, 1.165) is 15.9 Å². The van der Waals surface area contributed by atoms with Gasteiger partial charge in [0.05, 0.1) is 40.0 Å². The summed E-state index contributed by atoms with van der Waals surface area (Å²) in [6.45, 7) is 4.19. The molecular formula is C15H15F2I2N5O. The number of rotatable bonds is 0. The average Bonchev–Trinajstić information content (AvgIpc) is 2.67. The van der Waals surface area contributed by atoms with Crippen LogP contribution < -0.4 is 15.5 Å². The third-order valence-corrected chi connectivity index (χ3v) is 6.68. The average molecular weight is 573 g/mol. The van der Waals surface area contributed by atoms with Crippen LogP contribution >= 0.6 is 45.7 Å². The maximum absolute atomic E-state index is 15.0. The monoisotopic (exact) mass is 573 g/mol. The zero-order valence-electron chi connectivity index (χ0n) is 13.6. The molecule has 0 bridgehead atoms. The number of hydrogen-bond donors (Lipinski definition) is 0. The van der Waals surface area contributed by atoms with Crippen molar-refractivity contribution in [1.82, 2.24) is 10.9 Å². The van der Waals surface area contributed by atoms with E-state index in [0.29, 0.717) is 30.0 Å². The number of likely N-dealkylation sites (N-methyl/N-ethyl adjacent to an activating group) is 1. The Bertz CT molecular complexity index is 950. The van der Waals surface area contributed by atoms with Crippen molar-refractivity contribution >= 4 is 68.1 Å². The van der Waals surface area contributed by atoms with Crippen molar-refractivity contribution in [3.63, 3.8) is 0 Å². The first-order valence-electron chi connectivity index (χ1n) is 7.80. The van der Waals surface area contributed by atoms with E-state index in [9.17, 15) is 13.6 Å². The number of aromatic nitrogens is 2. The van der Waals surface area contributed by atoms with E-state index in [1.807, 2.05) is 9.80 Å². The third kappa shape index (κ3) is 2.54. The van der Waals surface area contributed by atoms with Crippen molar-refractivity contribution in [3.05, 3.63) is 27.7 Å². The first kappa shape index (κ1) is 17.6. The highest BCUT2D eigenvalue weighted by Crippen LogP contribution is 2.42. The molecule has 1 saturated heterocycles. The molecule has 1 unspecified atom stereocenters. The summed E-state index contributed by atoms with van der Waals surface area (Å²) in [4.78, 5) is 20.4. The van der Waals surface area contributed by atoms with Gasteiger partial charge in [0.1, 0.15) is 11.3 Å². The summed E-state index contributed by atoms with van der Waals surface area (Å²) in [7, 11) is 1.80. The van der Waals surface area contributed by atoms with E-state index < -0.39 is 17.3 Å². The van der Waals surface area contributed by atoms with Crippen molar-refractivity contribution in [2.45, 2.75) is 13.0 Å². The summed E-state index contributed by atoms with van der Waals surface area (Å²) < 4.78 is 33.2. The van der Waals surface area contributed by atoms with Gasteiger partial charge in [0.2, 0.25) is 0 Å². The fourth-order valence-electron chi connectivity index (χ4n) is 3.69. The lowest BCUT2D eigenvalue weighted by Gasteiger charge is -2.39. The molecule has 2 aromatic rings. The Morgan fingerprint density at radius 3 is 2.60 bits per heavy atom. The highest BCUT2D eigenvalue weighted by Gasteiger charge is 2.36. The zero-order chi connectivity index (χ0) is 18.0. The van der Waals surface area contributed by atoms with Gasteiger partial charge in [-0.05, 0) is 6.92 Å². The van der Waals surface area contributed by atoms with Crippen LogP contribution in [0.25, 0.3) is 10.9 Å². The second kappa shape index (κ2) is 6.15. The fourth-order valence-corrected chi connectivity index (χ4v) is 4.92. The van der Waals surface area contributed by atoms with E-state index in [1.54, 1.807) is 29.9 Å². The standard InChI is InChI=1S/C15H15F2I2N5O/c1-7-10(16)12-9-13(11(7)17)24(19)15(25)20-14(9)23-4-3-22(18)6-8(23)5-21(12)2/h8H,3-6H2,1-2H3. The van der Waals surface area contributed by atoms with E-state index in [-0.39, 0.29) is 17.1 Å². The molecule has 3 heterocycles. The van der Waals surface area contributed by atoms with E-state index in [1.165, 1.54) is 6.92 Å². The van der Waals surface area contributed by atoms with E-state index in [2.05, 4.69) is 31.0 Å². The third-order valence-electron chi connectivity index (χ3n) is 4.91. The molecule has 1 atom stereocenters. The van der Waals surface area contributed by atoms with Crippen LogP contribution in [0.3, 0.4) is 0 Å². The van der Waals surface area contributed by atoms with Gasteiger partial charge >= 0.3 is 5.69 Å². The maximum atomic E-state index is 15.0. The molecule has 0 radical (unpaired) electrons. The number of fused-ring (bicyclic) bond motifs is 2. The first-order valence-corrected chi connectivity index (χ1v) is 9.73. The van der Waals surface area contributed by atoms with Gasteiger partial charge in [-0.15, -0.1) is 0 Å². The lowest BCUT2D eigenvalue weighted by atomic mass is 10.1. The van der Waals surface area contributed by atoms with Gasteiger partial charge in [0, 0.05) is 61.7 Å². The van der Waals surface area contributed by atoms with Crippen molar-refractivity contribution in [1.29, 1.82) is 0 Å². The molecule has 1 aromatic heterocycles. The second-order valence-corrected chi connectivity index (χ2v) is 8.75. The van der Waals surface area contributed by atoms with Crippen LogP contribution in [0, 0.1) is 18.6 Å². The molecule has 2 aliphatic heterocycles. The lowest BCUT2D eigenvalue weighted by molar-refractivity contribution is 0.384. The van der Waals surface area contributed by atoms with Crippen LogP contribution in [-0.4, -0.2) is 50.1 Å². The number of benzene rings is 1. The Balaban J connectivity index is 2.15. The van der Waals surface area contributed by atoms with Crippen molar-refractivity contribution in [2.24, 2.45) is 0 Å². The molecule has 4 rings (SSSR count). The number of nitrogens with zero attached hydrogens (tertiary/aromatic N) is 5. The number of anilines is 2. The molecule has 0 N–H and O–H groups in total. The Morgan fingerprint density at radius 2 is 1.88 bits per heavy atom. The van der Waals surface area contributed by atoms with E-state index in [4.69, 9.17) is 0 Å². The maximum Gasteiger partial charge on any atom is 0.359 e. The van der Waals surface area contributed by atoms with E-state index >= 15 is 0 Å². The lowest BCUT2D eigenvalue weighted by Crippen LogP contribution is -2.54. The normalized spacial score (nSPS) is 20.8. The van der Waals surface area contributed by atoms with Gasteiger partial charge < -0.3 is 9.80 Å². The molecule has 25 heavy (non-hydrogen) atoms.